The van der Waals surface area contributed by atoms with Crippen molar-refractivity contribution in [1.82, 2.24) is 14.9 Å². The summed E-state index contributed by atoms with van der Waals surface area (Å²) >= 11 is 0. The molecule has 190 valence electrons. The molecule has 0 atom stereocenters. The summed E-state index contributed by atoms with van der Waals surface area (Å²) in [4.78, 5) is 27.4. The summed E-state index contributed by atoms with van der Waals surface area (Å²) in [5.41, 5.74) is 6.98. The van der Waals surface area contributed by atoms with Crippen LogP contribution in [0.4, 0.5) is 5.82 Å². The molecular formula is C31H40N4O. The molecule has 2 aromatic carbocycles. The van der Waals surface area contributed by atoms with Crippen molar-refractivity contribution in [3.63, 3.8) is 0 Å². The summed E-state index contributed by atoms with van der Waals surface area (Å²) in [6.45, 7) is 11.6. The highest BCUT2D eigenvalue weighted by molar-refractivity contribution is 5.94. The van der Waals surface area contributed by atoms with Crippen molar-refractivity contribution < 1.29 is 4.79 Å². The highest BCUT2D eigenvalue weighted by Gasteiger charge is 2.24. The molecule has 0 radical (unpaired) electrons. The highest BCUT2D eigenvalue weighted by Crippen LogP contribution is 2.26. The molecule has 0 aliphatic carbocycles. The van der Waals surface area contributed by atoms with Gasteiger partial charge in [-0.1, -0.05) is 62.2 Å². The van der Waals surface area contributed by atoms with E-state index in [0.29, 0.717) is 6.54 Å². The third-order valence-electron chi connectivity index (χ3n) is 7.12. The van der Waals surface area contributed by atoms with Crippen molar-refractivity contribution in [2.75, 3.05) is 31.1 Å². The number of unbranched alkanes of at least 4 members (excludes halogenated alkanes) is 1. The summed E-state index contributed by atoms with van der Waals surface area (Å²) in [7, 11) is 0. The predicted molar refractivity (Wildman–Crippen MR) is 148 cm³/mol. The van der Waals surface area contributed by atoms with Crippen LogP contribution in [0, 0.1) is 13.8 Å². The Morgan fingerprint density at radius 3 is 2.28 bits per heavy atom. The predicted octanol–water partition coefficient (Wildman–Crippen LogP) is 5.94. The van der Waals surface area contributed by atoms with Crippen LogP contribution in [0.3, 0.4) is 0 Å². The van der Waals surface area contributed by atoms with Crippen molar-refractivity contribution in [1.29, 1.82) is 0 Å². The van der Waals surface area contributed by atoms with Crippen molar-refractivity contribution in [2.24, 2.45) is 0 Å². The Bertz CT molecular complexity index is 1150. The highest BCUT2D eigenvalue weighted by atomic mass is 16.2. The van der Waals surface area contributed by atoms with E-state index in [-0.39, 0.29) is 5.91 Å². The van der Waals surface area contributed by atoms with Crippen molar-refractivity contribution in [3.05, 3.63) is 87.9 Å². The van der Waals surface area contributed by atoms with Crippen LogP contribution in [0.25, 0.3) is 0 Å². The van der Waals surface area contributed by atoms with Crippen molar-refractivity contribution >= 4 is 11.7 Å². The number of carbonyl (C=O) groups excluding carboxylic acids is 1. The summed E-state index contributed by atoms with van der Waals surface area (Å²) in [5.74, 6) is 1.98. The largest absolute Gasteiger partial charge is 0.354 e. The fourth-order valence-corrected chi connectivity index (χ4v) is 4.99. The molecule has 0 spiro atoms. The number of hydrogen-bond donors (Lipinski definition) is 0. The van der Waals surface area contributed by atoms with Gasteiger partial charge < -0.3 is 9.80 Å². The molecule has 36 heavy (non-hydrogen) atoms. The molecule has 5 heteroatoms. The third kappa shape index (κ3) is 6.31. The molecule has 5 nitrogen and oxygen atoms in total. The van der Waals surface area contributed by atoms with E-state index in [2.05, 4.69) is 62.1 Å². The van der Waals surface area contributed by atoms with Gasteiger partial charge in [-0.05, 0) is 62.8 Å². The van der Waals surface area contributed by atoms with Crippen LogP contribution in [-0.2, 0) is 19.3 Å². The number of nitrogens with zero attached hydrogens (tertiary/aromatic N) is 4. The Kier molecular flexibility index (Phi) is 8.74. The number of amides is 1. The van der Waals surface area contributed by atoms with E-state index in [1.165, 1.54) is 35.1 Å². The van der Waals surface area contributed by atoms with Crippen molar-refractivity contribution in [3.8, 4) is 0 Å². The molecule has 1 fully saturated rings. The zero-order chi connectivity index (χ0) is 25.5. The Morgan fingerprint density at radius 2 is 1.58 bits per heavy atom. The standard InChI is InChI=1S/C31H40N4O/c1-5-7-9-25-14-16-27(17-15-25)31(36)35-19-8-18-34(20-21-35)30-28(29(6-2)32-24(4)33-30)22-26-12-10-23(3)11-13-26/h10-17H,5-9,18-22H2,1-4H3. The minimum atomic E-state index is 0.131. The van der Waals surface area contributed by atoms with Gasteiger partial charge in [0, 0.05) is 49.4 Å². The molecule has 0 saturated carbocycles. The first-order valence-electron chi connectivity index (χ1n) is 13.5. The second kappa shape index (κ2) is 12.2. The molecule has 1 amide bonds. The number of aromatic nitrogens is 2. The SMILES string of the molecule is CCCCc1ccc(C(=O)N2CCCN(c3nc(C)nc(CC)c3Cc3ccc(C)cc3)CC2)cc1. The summed E-state index contributed by atoms with van der Waals surface area (Å²) in [6.07, 6.45) is 6.07. The van der Waals surface area contributed by atoms with Gasteiger partial charge in [-0.25, -0.2) is 9.97 Å². The van der Waals surface area contributed by atoms with Gasteiger partial charge >= 0.3 is 0 Å². The molecule has 1 aliphatic heterocycles. The Labute approximate surface area is 216 Å². The lowest BCUT2D eigenvalue weighted by Crippen LogP contribution is -2.35. The number of benzene rings is 2. The van der Waals surface area contributed by atoms with Gasteiger partial charge in [-0.2, -0.15) is 0 Å². The molecule has 1 aliphatic rings. The van der Waals surface area contributed by atoms with Crippen LogP contribution in [0.15, 0.2) is 48.5 Å². The summed E-state index contributed by atoms with van der Waals surface area (Å²) < 4.78 is 0. The van der Waals surface area contributed by atoms with Gasteiger partial charge in [0.2, 0.25) is 0 Å². The van der Waals surface area contributed by atoms with E-state index in [1.54, 1.807) is 0 Å². The maximum absolute atomic E-state index is 13.3. The Morgan fingerprint density at radius 1 is 0.861 bits per heavy atom. The monoisotopic (exact) mass is 484 g/mol. The van der Waals surface area contributed by atoms with Gasteiger partial charge in [0.05, 0.1) is 0 Å². The molecule has 0 bridgehead atoms. The second-order valence-corrected chi connectivity index (χ2v) is 9.97. The van der Waals surface area contributed by atoms with Crippen LogP contribution in [0.1, 0.15) is 77.2 Å². The van der Waals surface area contributed by atoms with Crippen LogP contribution < -0.4 is 4.90 Å². The lowest BCUT2D eigenvalue weighted by atomic mass is 10.0. The summed E-state index contributed by atoms with van der Waals surface area (Å²) in [5, 5.41) is 0. The number of rotatable bonds is 8. The minimum Gasteiger partial charge on any atom is -0.354 e. The molecule has 0 N–H and O–H groups in total. The topological polar surface area (TPSA) is 49.3 Å². The Hall–Kier alpha value is -3.21. The molecule has 1 aromatic heterocycles. The van der Waals surface area contributed by atoms with E-state index in [0.717, 1.165) is 68.2 Å². The lowest BCUT2D eigenvalue weighted by Gasteiger charge is -2.26. The average molecular weight is 485 g/mol. The zero-order valence-corrected chi connectivity index (χ0v) is 22.4. The van der Waals surface area contributed by atoms with Gasteiger partial charge in [-0.15, -0.1) is 0 Å². The van der Waals surface area contributed by atoms with Gasteiger partial charge in [0.15, 0.2) is 0 Å². The average Bonchev–Trinajstić information content (AvgIpc) is 3.15. The van der Waals surface area contributed by atoms with Gasteiger partial charge in [0.1, 0.15) is 11.6 Å². The van der Waals surface area contributed by atoms with E-state index >= 15 is 0 Å². The van der Waals surface area contributed by atoms with Crippen LogP contribution in [-0.4, -0.2) is 47.0 Å². The fraction of sp³-hybridized carbons (Fsp3) is 0.452. The van der Waals surface area contributed by atoms with Gasteiger partial charge in [0.25, 0.3) is 5.91 Å². The molecule has 2 heterocycles. The van der Waals surface area contributed by atoms with Crippen LogP contribution in [0.5, 0.6) is 0 Å². The Balaban J connectivity index is 1.51. The van der Waals surface area contributed by atoms with E-state index < -0.39 is 0 Å². The maximum atomic E-state index is 13.3. The van der Waals surface area contributed by atoms with Crippen molar-refractivity contribution in [2.45, 2.75) is 66.2 Å². The van der Waals surface area contributed by atoms with Gasteiger partial charge in [-0.3, -0.25) is 4.79 Å². The van der Waals surface area contributed by atoms with Crippen LogP contribution >= 0.6 is 0 Å². The molecule has 0 unspecified atom stereocenters. The second-order valence-electron chi connectivity index (χ2n) is 9.97. The molecule has 4 rings (SSSR count). The first-order chi connectivity index (χ1) is 17.5. The number of anilines is 1. The molecule has 1 saturated heterocycles. The molecular weight excluding hydrogens is 444 g/mol. The first kappa shape index (κ1) is 25.9. The van der Waals surface area contributed by atoms with E-state index in [9.17, 15) is 4.79 Å². The minimum absolute atomic E-state index is 0.131. The molecule has 3 aromatic rings. The zero-order valence-electron chi connectivity index (χ0n) is 22.4. The summed E-state index contributed by atoms with van der Waals surface area (Å²) in [6, 6.07) is 17.0. The third-order valence-corrected chi connectivity index (χ3v) is 7.12. The number of carbonyl (C=O) groups is 1. The fourth-order valence-electron chi connectivity index (χ4n) is 4.99. The van der Waals surface area contributed by atoms with E-state index in [4.69, 9.17) is 9.97 Å². The van der Waals surface area contributed by atoms with Crippen LogP contribution in [0.2, 0.25) is 0 Å². The number of aryl methyl sites for hydroxylation is 4. The maximum Gasteiger partial charge on any atom is 0.253 e. The quantitative estimate of drug-likeness (QED) is 0.397. The smallest absolute Gasteiger partial charge is 0.253 e. The first-order valence-corrected chi connectivity index (χ1v) is 13.5. The van der Waals surface area contributed by atoms with E-state index in [1.807, 2.05) is 24.0 Å². The number of hydrogen-bond acceptors (Lipinski definition) is 4. The lowest BCUT2D eigenvalue weighted by molar-refractivity contribution is 0.0767. The normalized spacial score (nSPS) is 14.1.